The summed E-state index contributed by atoms with van der Waals surface area (Å²) in [7, 11) is 0. The van der Waals surface area contributed by atoms with Crippen LogP contribution in [-0.4, -0.2) is 17.6 Å². The molecule has 0 unspecified atom stereocenters. The van der Waals surface area contributed by atoms with Crippen LogP contribution in [0.1, 0.15) is 5.56 Å². The fourth-order valence-electron chi connectivity index (χ4n) is 2.50. The molecule has 3 aromatic rings. The summed E-state index contributed by atoms with van der Waals surface area (Å²) in [4.78, 5) is 1.62. The predicted molar refractivity (Wildman–Crippen MR) is 114 cm³/mol. The maximum absolute atomic E-state index is 8.54. The largest absolute Gasteiger partial charge is 0.486 e. The Balaban J connectivity index is 1.70. The molecule has 4 nitrogen and oxygen atoms in total. The van der Waals surface area contributed by atoms with E-state index in [1.54, 1.807) is 4.90 Å². The molecule has 0 atom stereocenters. The van der Waals surface area contributed by atoms with Crippen LogP contribution in [0.5, 0.6) is 5.75 Å². The highest BCUT2D eigenvalue weighted by Gasteiger charge is 2.18. The van der Waals surface area contributed by atoms with Crippen molar-refractivity contribution < 1.29 is 4.74 Å². The van der Waals surface area contributed by atoms with E-state index in [1.165, 1.54) is 11.8 Å². The Kier molecular flexibility index (Phi) is 6.66. The first-order valence-corrected chi connectivity index (χ1v) is 9.58. The number of ether oxygens (including phenoxy) is 1. The molecule has 0 radical (unpaired) electrons. The third-order valence-corrected chi connectivity index (χ3v) is 4.76. The predicted octanol–water partition coefficient (Wildman–Crippen LogP) is 5.42. The van der Waals surface area contributed by atoms with E-state index in [1.807, 2.05) is 91.0 Å². The number of amidine groups is 2. The number of thioether (sulfide) groups is 1. The van der Waals surface area contributed by atoms with E-state index < -0.39 is 0 Å². The van der Waals surface area contributed by atoms with E-state index in [9.17, 15) is 0 Å². The van der Waals surface area contributed by atoms with Crippen LogP contribution in [-0.2, 0) is 5.75 Å². The number of nitrogens with one attached hydrogen (secondary N) is 2. The highest BCUT2D eigenvalue weighted by atomic mass is 32.2. The molecule has 0 saturated heterocycles. The van der Waals surface area contributed by atoms with Crippen molar-refractivity contribution in [1.82, 2.24) is 0 Å². The van der Waals surface area contributed by atoms with Crippen molar-refractivity contribution in [3.05, 3.63) is 96.6 Å². The minimum Gasteiger partial charge on any atom is -0.486 e. The van der Waals surface area contributed by atoms with Gasteiger partial charge < -0.3 is 4.74 Å². The Morgan fingerprint density at radius 1 is 0.778 bits per heavy atom. The smallest absolute Gasteiger partial charge is 0.166 e. The molecule has 0 bridgehead atoms. The van der Waals surface area contributed by atoms with Crippen LogP contribution < -0.4 is 9.64 Å². The lowest BCUT2D eigenvalue weighted by Gasteiger charge is -2.25. The lowest BCUT2D eigenvalue weighted by Crippen LogP contribution is -2.37. The Labute approximate surface area is 163 Å². The lowest BCUT2D eigenvalue weighted by molar-refractivity contribution is 0.374. The Bertz CT molecular complexity index is 814. The fraction of sp³-hybridized carbons (Fsp3) is 0.0909. The number of hydrogen-bond acceptors (Lipinski definition) is 4. The third-order valence-electron chi connectivity index (χ3n) is 3.82. The summed E-state index contributed by atoms with van der Waals surface area (Å²) >= 11 is 1.40. The summed E-state index contributed by atoms with van der Waals surface area (Å²) in [6.45, 7) is 0.0905. The van der Waals surface area contributed by atoms with Gasteiger partial charge in [0.05, 0.1) is 0 Å². The summed E-state index contributed by atoms with van der Waals surface area (Å²) in [6, 6.07) is 29.0. The molecule has 3 aromatic carbocycles. The highest BCUT2D eigenvalue weighted by Crippen LogP contribution is 2.22. The van der Waals surface area contributed by atoms with Crippen LogP contribution in [0.15, 0.2) is 91.0 Å². The molecule has 0 fully saturated rings. The van der Waals surface area contributed by atoms with Gasteiger partial charge in [-0.25, -0.2) is 0 Å². The molecule has 136 valence electrons. The van der Waals surface area contributed by atoms with Gasteiger partial charge in [0.2, 0.25) is 0 Å². The first kappa shape index (κ1) is 18.7. The molecule has 0 aliphatic heterocycles. The van der Waals surface area contributed by atoms with Crippen molar-refractivity contribution in [1.29, 1.82) is 10.8 Å². The summed E-state index contributed by atoms with van der Waals surface area (Å²) in [5, 5.41) is 17.3. The quantitative estimate of drug-likeness (QED) is 0.447. The standard InChI is InChI=1S/C22H21N3OS/c23-21(16-26-20-14-8-3-9-15-20)25(19-12-6-2-7-13-19)22(24)27-17-18-10-4-1-5-11-18/h1-15,23-24H,16-17H2. The van der Waals surface area contributed by atoms with Crippen LogP contribution in [0.25, 0.3) is 0 Å². The van der Waals surface area contributed by atoms with Gasteiger partial charge in [-0.2, -0.15) is 0 Å². The number of hydrogen-bond donors (Lipinski definition) is 2. The molecule has 0 spiro atoms. The number of anilines is 1. The molecule has 2 N–H and O–H groups in total. The van der Waals surface area contributed by atoms with Gasteiger partial charge in [-0.05, 0) is 29.8 Å². The van der Waals surface area contributed by atoms with E-state index in [0.29, 0.717) is 16.7 Å². The van der Waals surface area contributed by atoms with Gasteiger partial charge in [-0.1, -0.05) is 78.5 Å². The molecule has 0 saturated carbocycles. The molecule has 3 rings (SSSR count). The maximum Gasteiger partial charge on any atom is 0.166 e. The molecule has 0 amide bonds. The van der Waals surface area contributed by atoms with E-state index >= 15 is 0 Å². The van der Waals surface area contributed by atoms with Crippen molar-refractivity contribution in [3.63, 3.8) is 0 Å². The molecule has 0 aromatic heterocycles. The van der Waals surface area contributed by atoms with Gasteiger partial charge in [0.1, 0.15) is 18.2 Å². The van der Waals surface area contributed by atoms with Crippen molar-refractivity contribution in [2.45, 2.75) is 5.75 Å². The first-order valence-electron chi connectivity index (χ1n) is 8.60. The third kappa shape index (κ3) is 5.46. The second kappa shape index (κ2) is 9.59. The average Bonchev–Trinajstić information content (AvgIpc) is 2.73. The number of nitrogens with zero attached hydrogens (tertiary/aromatic N) is 1. The molecular formula is C22H21N3OS. The van der Waals surface area contributed by atoms with E-state index in [2.05, 4.69) is 0 Å². The van der Waals surface area contributed by atoms with Gasteiger partial charge in [0.15, 0.2) is 5.17 Å². The summed E-state index contributed by atoms with van der Waals surface area (Å²) in [5.41, 5.74) is 1.93. The number of benzene rings is 3. The lowest BCUT2D eigenvalue weighted by atomic mass is 10.2. The zero-order valence-electron chi connectivity index (χ0n) is 14.8. The SMILES string of the molecule is N=C(COc1ccccc1)N(C(=N)SCc1ccccc1)c1ccccc1. The Morgan fingerprint density at radius 2 is 1.33 bits per heavy atom. The molecular weight excluding hydrogens is 354 g/mol. The summed E-state index contributed by atoms with van der Waals surface area (Å²) < 4.78 is 5.71. The van der Waals surface area contributed by atoms with Crippen LogP contribution in [0.4, 0.5) is 5.69 Å². The van der Waals surface area contributed by atoms with Crippen LogP contribution >= 0.6 is 11.8 Å². The van der Waals surface area contributed by atoms with Gasteiger partial charge in [-0.3, -0.25) is 15.7 Å². The second-order valence-electron chi connectivity index (χ2n) is 5.80. The molecule has 27 heavy (non-hydrogen) atoms. The van der Waals surface area contributed by atoms with Gasteiger partial charge in [0.25, 0.3) is 0 Å². The van der Waals surface area contributed by atoms with Crippen molar-refractivity contribution in [2.24, 2.45) is 0 Å². The second-order valence-corrected chi connectivity index (χ2v) is 6.76. The van der Waals surface area contributed by atoms with Gasteiger partial charge in [-0.15, -0.1) is 0 Å². The summed E-state index contributed by atoms with van der Waals surface area (Å²) in [5.74, 6) is 1.60. The number of rotatable bonds is 6. The average molecular weight is 375 g/mol. The number of para-hydroxylation sites is 2. The van der Waals surface area contributed by atoms with Crippen LogP contribution in [0.2, 0.25) is 0 Å². The monoisotopic (exact) mass is 375 g/mol. The minimum atomic E-state index is 0.0905. The van der Waals surface area contributed by atoms with Crippen molar-refractivity contribution in [3.8, 4) is 5.75 Å². The van der Waals surface area contributed by atoms with E-state index in [-0.39, 0.29) is 12.4 Å². The van der Waals surface area contributed by atoms with Crippen LogP contribution in [0.3, 0.4) is 0 Å². The molecule has 0 aliphatic carbocycles. The molecule has 0 aliphatic rings. The zero-order chi connectivity index (χ0) is 18.9. The minimum absolute atomic E-state index is 0.0905. The normalized spacial score (nSPS) is 10.2. The van der Waals surface area contributed by atoms with Crippen molar-refractivity contribution >= 4 is 28.5 Å². The summed E-state index contributed by atoms with van der Waals surface area (Å²) in [6.07, 6.45) is 0. The first-order chi connectivity index (χ1) is 13.2. The molecule has 5 heteroatoms. The molecule has 0 heterocycles. The highest BCUT2D eigenvalue weighted by molar-refractivity contribution is 8.13. The Hall–Kier alpha value is -3.05. The van der Waals surface area contributed by atoms with Gasteiger partial charge >= 0.3 is 0 Å². The maximum atomic E-state index is 8.54. The topological polar surface area (TPSA) is 60.2 Å². The Morgan fingerprint density at radius 3 is 1.96 bits per heavy atom. The zero-order valence-corrected chi connectivity index (χ0v) is 15.7. The van der Waals surface area contributed by atoms with E-state index in [4.69, 9.17) is 15.6 Å². The fourth-order valence-corrected chi connectivity index (χ4v) is 3.34. The van der Waals surface area contributed by atoms with E-state index in [0.717, 1.165) is 11.3 Å². The van der Waals surface area contributed by atoms with Crippen molar-refractivity contribution in [2.75, 3.05) is 11.5 Å². The van der Waals surface area contributed by atoms with Gasteiger partial charge in [0, 0.05) is 11.4 Å². The van der Waals surface area contributed by atoms with Crippen LogP contribution in [0, 0.1) is 10.8 Å².